The number of anilines is 1. The van der Waals surface area contributed by atoms with Crippen molar-refractivity contribution in [2.45, 2.75) is 50.7 Å². The lowest BCUT2D eigenvalue weighted by molar-refractivity contribution is -0.120. The van der Waals surface area contributed by atoms with Crippen LogP contribution in [0.25, 0.3) is 0 Å². The van der Waals surface area contributed by atoms with Crippen molar-refractivity contribution in [2.75, 3.05) is 10.8 Å². The Kier molecular flexibility index (Phi) is 6.84. The maximum absolute atomic E-state index is 13.6. The van der Waals surface area contributed by atoms with Gasteiger partial charge in [0, 0.05) is 17.0 Å². The fourth-order valence-electron chi connectivity index (χ4n) is 4.24. The summed E-state index contributed by atoms with van der Waals surface area (Å²) < 4.78 is 34.4. The van der Waals surface area contributed by atoms with Gasteiger partial charge in [0.25, 0.3) is 10.0 Å². The summed E-state index contributed by atoms with van der Waals surface area (Å²) in [5.41, 5.74) is 2.58. The molecule has 0 aliphatic carbocycles. The Hall–Kier alpha value is -3.03. The highest BCUT2D eigenvalue weighted by molar-refractivity contribution is 7.92. The summed E-state index contributed by atoms with van der Waals surface area (Å²) in [6, 6.07) is 18.6. The first-order valence-electron chi connectivity index (χ1n) is 11.4. The summed E-state index contributed by atoms with van der Waals surface area (Å²) in [6.45, 7) is 7.36. The van der Waals surface area contributed by atoms with E-state index in [1.165, 1.54) is 12.1 Å². The number of carbonyl (C=O) groups excluding carboxylic acids is 1. The molecule has 0 spiro atoms. The zero-order chi connectivity index (χ0) is 25.4. The fraction of sp³-hybridized carbons (Fsp3) is 0.296. The average Bonchev–Trinajstić information content (AvgIpc) is 2.80. The number of hydrogen-bond donors (Lipinski definition) is 1. The van der Waals surface area contributed by atoms with E-state index >= 15 is 0 Å². The lowest BCUT2D eigenvalue weighted by atomic mass is 9.89. The average molecular weight is 513 g/mol. The van der Waals surface area contributed by atoms with E-state index in [-0.39, 0.29) is 10.9 Å². The minimum atomic E-state index is -4.02. The quantitative estimate of drug-likeness (QED) is 0.468. The number of nitrogens with one attached hydrogen (secondary N) is 1. The third kappa shape index (κ3) is 5.46. The van der Waals surface area contributed by atoms with Crippen LogP contribution in [0.15, 0.2) is 71.6 Å². The molecule has 0 aromatic heterocycles. The predicted molar refractivity (Wildman–Crippen MR) is 139 cm³/mol. The largest absolute Gasteiger partial charge is 0.487 e. The zero-order valence-corrected chi connectivity index (χ0v) is 21.8. The van der Waals surface area contributed by atoms with Crippen molar-refractivity contribution >= 4 is 33.2 Å². The van der Waals surface area contributed by atoms with Gasteiger partial charge in [-0.2, -0.15) is 0 Å². The van der Waals surface area contributed by atoms with Gasteiger partial charge >= 0.3 is 0 Å². The maximum Gasteiger partial charge on any atom is 0.264 e. The van der Waals surface area contributed by atoms with E-state index in [0.717, 1.165) is 26.7 Å². The predicted octanol–water partition coefficient (Wildman–Crippen LogP) is 5.57. The summed E-state index contributed by atoms with van der Waals surface area (Å²) >= 11 is 6.31. The Bertz CT molecular complexity index is 1360. The second kappa shape index (κ2) is 9.55. The molecule has 1 N–H and O–H groups in total. The first-order chi connectivity index (χ1) is 16.5. The molecule has 0 radical (unpaired) electrons. The number of amides is 1. The van der Waals surface area contributed by atoms with Crippen molar-refractivity contribution in [3.8, 4) is 5.75 Å². The van der Waals surface area contributed by atoms with Crippen molar-refractivity contribution in [3.63, 3.8) is 0 Å². The molecule has 0 fully saturated rings. The molecule has 6 nitrogen and oxygen atoms in total. The van der Waals surface area contributed by atoms with Crippen LogP contribution in [0.4, 0.5) is 5.69 Å². The smallest absolute Gasteiger partial charge is 0.264 e. The van der Waals surface area contributed by atoms with Crippen LogP contribution < -0.4 is 14.4 Å². The molecule has 35 heavy (non-hydrogen) atoms. The van der Waals surface area contributed by atoms with Gasteiger partial charge in [-0.1, -0.05) is 53.6 Å². The van der Waals surface area contributed by atoms with Gasteiger partial charge in [0.2, 0.25) is 5.91 Å². The topological polar surface area (TPSA) is 75.7 Å². The van der Waals surface area contributed by atoms with E-state index in [1.54, 1.807) is 36.4 Å². The maximum atomic E-state index is 13.6. The van der Waals surface area contributed by atoms with Gasteiger partial charge in [0.1, 0.15) is 17.9 Å². The Morgan fingerprint density at radius 1 is 1.09 bits per heavy atom. The van der Waals surface area contributed by atoms with Gasteiger partial charge in [0.15, 0.2) is 0 Å². The van der Waals surface area contributed by atoms with Crippen LogP contribution in [0.5, 0.6) is 5.75 Å². The van der Waals surface area contributed by atoms with Gasteiger partial charge in [-0.05, 0) is 63.6 Å². The number of carbonyl (C=O) groups is 1. The van der Waals surface area contributed by atoms with Crippen LogP contribution in [0.2, 0.25) is 5.02 Å². The number of benzene rings is 3. The van der Waals surface area contributed by atoms with Crippen LogP contribution in [0.3, 0.4) is 0 Å². The number of hydrogen-bond acceptors (Lipinski definition) is 4. The van der Waals surface area contributed by atoms with Crippen LogP contribution in [-0.4, -0.2) is 26.5 Å². The lowest BCUT2D eigenvalue weighted by Crippen LogP contribution is -2.45. The van der Waals surface area contributed by atoms with Gasteiger partial charge in [-0.15, -0.1) is 0 Å². The van der Waals surface area contributed by atoms with E-state index in [2.05, 4.69) is 5.32 Å². The molecule has 1 atom stereocenters. The molecule has 184 valence electrons. The van der Waals surface area contributed by atoms with Gasteiger partial charge in [-0.3, -0.25) is 9.10 Å². The van der Waals surface area contributed by atoms with Crippen LogP contribution >= 0.6 is 11.6 Å². The third-order valence-electron chi connectivity index (χ3n) is 6.02. The minimum Gasteiger partial charge on any atom is -0.487 e. The molecule has 0 bridgehead atoms. The van der Waals surface area contributed by atoms with Crippen LogP contribution in [0, 0.1) is 13.8 Å². The second-order valence-corrected chi connectivity index (χ2v) is 11.8. The summed E-state index contributed by atoms with van der Waals surface area (Å²) in [5, 5.41) is 3.47. The van der Waals surface area contributed by atoms with Crippen molar-refractivity contribution in [2.24, 2.45) is 0 Å². The van der Waals surface area contributed by atoms with E-state index in [4.69, 9.17) is 16.3 Å². The van der Waals surface area contributed by atoms with E-state index < -0.39 is 28.1 Å². The molecule has 4 rings (SSSR count). The van der Waals surface area contributed by atoms with Crippen molar-refractivity contribution in [1.29, 1.82) is 0 Å². The Morgan fingerprint density at radius 3 is 2.49 bits per heavy atom. The summed E-state index contributed by atoms with van der Waals surface area (Å²) in [4.78, 5) is 13.4. The summed E-state index contributed by atoms with van der Waals surface area (Å²) in [5.74, 6) is 0.299. The normalized spacial score (nSPS) is 16.7. The molecule has 0 saturated heterocycles. The Morgan fingerprint density at radius 2 is 1.80 bits per heavy atom. The molecule has 1 unspecified atom stereocenters. The highest BCUT2D eigenvalue weighted by atomic mass is 35.5. The number of aryl methyl sites for hydroxylation is 2. The van der Waals surface area contributed by atoms with E-state index in [0.29, 0.717) is 17.1 Å². The number of nitrogens with zero attached hydrogens (tertiary/aromatic N) is 1. The molecule has 1 aliphatic rings. The van der Waals surface area contributed by atoms with E-state index in [9.17, 15) is 13.2 Å². The van der Waals surface area contributed by atoms with Crippen LogP contribution in [0.1, 0.15) is 43.0 Å². The molecule has 3 aromatic rings. The third-order valence-corrected chi connectivity index (χ3v) is 8.21. The van der Waals surface area contributed by atoms with E-state index in [1.807, 2.05) is 45.9 Å². The van der Waals surface area contributed by atoms with Gasteiger partial charge in [-0.25, -0.2) is 8.42 Å². The fourth-order valence-corrected chi connectivity index (χ4v) is 5.85. The number of sulfonamides is 1. The van der Waals surface area contributed by atoms with Crippen molar-refractivity contribution in [1.82, 2.24) is 5.32 Å². The minimum absolute atomic E-state index is 0.0951. The molecule has 1 aliphatic heterocycles. The number of ether oxygens (including phenoxy) is 1. The molecular formula is C27H29ClN2O4S. The Balaban J connectivity index is 1.67. The molecule has 8 heteroatoms. The number of fused-ring (bicyclic) bond motifs is 1. The summed E-state index contributed by atoms with van der Waals surface area (Å²) in [6.07, 6.45) is 0.553. The second-order valence-electron chi connectivity index (χ2n) is 9.49. The molecule has 3 aromatic carbocycles. The monoisotopic (exact) mass is 512 g/mol. The van der Waals surface area contributed by atoms with Crippen molar-refractivity contribution < 1.29 is 17.9 Å². The highest BCUT2D eigenvalue weighted by Gasteiger charge is 2.35. The molecule has 0 saturated carbocycles. The van der Waals surface area contributed by atoms with Gasteiger partial charge < -0.3 is 10.1 Å². The Labute approximate surface area is 211 Å². The SMILES string of the molecule is Cc1ccc2c(c1)C(NC(=O)CN(c1ccc(C)c(Cl)c1)S(=O)(=O)c1ccccc1)CC(C)(C)O2. The zero-order valence-electron chi connectivity index (χ0n) is 20.2. The lowest BCUT2D eigenvalue weighted by Gasteiger charge is -2.38. The molecule has 1 amide bonds. The highest BCUT2D eigenvalue weighted by Crippen LogP contribution is 2.40. The van der Waals surface area contributed by atoms with Gasteiger partial charge in [0.05, 0.1) is 16.6 Å². The summed E-state index contributed by atoms with van der Waals surface area (Å²) in [7, 11) is -4.02. The molecular weight excluding hydrogens is 484 g/mol. The van der Waals surface area contributed by atoms with Crippen LogP contribution in [-0.2, 0) is 14.8 Å². The number of halogens is 1. The molecule has 1 heterocycles. The number of rotatable bonds is 6. The first-order valence-corrected chi connectivity index (χ1v) is 13.2. The standard InChI is InChI=1S/C27H29ClN2O4S/c1-18-10-13-25-22(14-18)24(16-27(3,4)34-25)29-26(31)17-30(20-12-11-19(2)23(28)15-20)35(32,33)21-8-6-5-7-9-21/h5-15,24H,16-17H2,1-4H3,(H,29,31). The first kappa shape index (κ1) is 25.1. The van der Waals surface area contributed by atoms with Crippen molar-refractivity contribution in [3.05, 3.63) is 88.4 Å².